The minimum atomic E-state index is 0.257. The highest BCUT2D eigenvalue weighted by molar-refractivity contribution is 7.11. The average Bonchev–Trinajstić information content (AvgIpc) is 3.06. The first-order chi connectivity index (χ1) is 10.2. The van der Waals surface area contributed by atoms with Crippen LogP contribution in [0.5, 0.6) is 5.75 Å². The van der Waals surface area contributed by atoms with Crippen molar-refractivity contribution in [2.45, 2.75) is 32.7 Å². The van der Waals surface area contributed by atoms with Gasteiger partial charge in [0.25, 0.3) is 0 Å². The van der Waals surface area contributed by atoms with Crippen molar-refractivity contribution in [3.05, 3.63) is 44.4 Å². The molecule has 0 aliphatic carbocycles. The van der Waals surface area contributed by atoms with E-state index in [4.69, 9.17) is 16.3 Å². The van der Waals surface area contributed by atoms with Crippen molar-refractivity contribution in [2.75, 3.05) is 13.2 Å². The van der Waals surface area contributed by atoms with Gasteiger partial charge >= 0.3 is 0 Å². The number of hydrogen-bond acceptors (Lipinski definition) is 4. The number of rotatable bonds is 5. The lowest BCUT2D eigenvalue weighted by molar-refractivity contribution is 0.351. The molecule has 3 rings (SSSR count). The topological polar surface area (TPSA) is 34.1 Å². The summed E-state index contributed by atoms with van der Waals surface area (Å²) in [6.45, 7) is 5.84. The Bertz CT molecular complexity index is 641. The SMILES string of the molecule is CCNC(Cc1cc(Cl)cc2c1OCC2)c1cnc(C)s1. The molecule has 0 spiro atoms. The van der Waals surface area contributed by atoms with Crippen molar-refractivity contribution in [1.29, 1.82) is 0 Å². The third-order valence-electron chi connectivity index (χ3n) is 3.68. The first-order valence-electron chi connectivity index (χ1n) is 7.27. The quantitative estimate of drug-likeness (QED) is 0.905. The lowest BCUT2D eigenvalue weighted by Crippen LogP contribution is -2.22. The molecule has 1 N–H and O–H groups in total. The van der Waals surface area contributed by atoms with Crippen molar-refractivity contribution >= 4 is 22.9 Å². The monoisotopic (exact) mass is 322 g/mol. The van der Waals surface area contributed by atoms with Crippen LogP contribution in [0, 0.1) is 6.92 Å². The summed E-state index contributed by atoms with van der Waals surface area (Å²) >= 11 is 8.00. The summed E-state index contributed by atoms with van der Waals surface area (Å²) < 4.78 is 5.81. The summed E-state index contributed by atoms with van der Waals surface area (Å²) in [7, 11) is 0. The summed E-state index contributed by atoms with van der Waals surface area (Å²) in [5, 5.41) is 5.44. The van der Waals surface area contributed by atoms with Crippen LogP contribution < -0.4 is 10.1 Å². The Balaban J connectivity index is 1.90. The van der Waals surface area contributed by atoms with Crippen LogP contribution in [0.25, 0.3) is 0 Å². The van der Waals surface area contributed by atoms with Gasteiger partial charge in [0, 0.05) is 28.6 Å². The number of nitrogens with zero attached hydrogens (tertiary/aromatic N) is 1. The molecule has 1 aromatic heterocycles. The minimum absolute atomic E-state index is 0.257. The van der Waals surface area contributed by atoms with E-state index in [0.717, 1.165) is 41.8 Å². The van der Waals surface area contributed by atoms with Gasteiger partial charge in [0.05, 0.1) is 11.6 Å². The largest absolute Gasteiger partial charge is 0.493 e. The standard InChI is InChI=1S/C16H19ClN2OS/c1-3-18-14(15-9-19-10(2)21-15)8-12-7-13(17)6-11-4-5-20-16(11)12/h6-7,9,14,18H,3-5,8H2,1-2H3. The fourth-order valence-corrected chi connectivity index (χ4v) is 3.90. The Morgan fingerprint density at radius 2 is 2.33 bits per heavy atom. The van der Waals surface area contributed by atoms with Gasteiger partial charge in [-0.15, -0.1) is 11.3 Å². The van der Waals surface area contributed by atoms with Crippen LogP contribution in [-0.4, -0.2) is 18.1 Å². The highest BCUT2D eigenvalue weighted by Gasteiger charge is 2.21. The van der Waals surface area contributed by atoms with Crippen molar-refractivity contribution in [3.63, 3.8) is 0 Å². The second kappa shape index (κ2) is 6.34. The first-order valence-corrected chi connectivity index (χ1v) is 8.46. The zero-order chi connectivity index (χ0) is 14.8. The molecule has 0 amide bonds. The second-order valence-corrected chi connectivity index (χ2v) is 6.95. The second-order valence-electron chi connectivity index (χ2n) is 5.25. The summed E-state index contributed by atoms with van der Waals surface area (Å²) in [6, 6.07) is 4.31. The molecular weight excluding hydrogens is 304 g/mol. The highest BCUT2D eigenvalue weighted by atomic mass is 35.5. The zero-order valence-electron chi connectivity index (χ0n) is 12.3. The summed E-state index contributed by atoms with van der Waals surface area (Å²) in [5.41, 5.74) is 2.42. The molecule has 1 atom stereocenters. The molecule has 1 unspecified atom stereocenters. The third-order valence-corrected chi connectivity index (χ3v) is 4.93. The van der Waals surface area contributed by atoms with Crippen LogP contribution in [-0.2, 0) is 12.8 Å². The molecule has 1 aliphatic heterocycles. The van der Waals surface area contributed by atoms with Crippen LogP contribution in [0.15, 0.2) is 18.3 Å². The predicted molar refractivity (Wildman–Crippen MR) is 87.6 cm³/mol. The number of aromatic nitrogens is 1. The van der Waals surface area contributed by atoms with Gasteiger partial charge in [-0.25, -0.2) is 4.98 Å². The van der Waals surface area contributed by atoms with E-state index in [-0.39, 0.29) is 6.04 Å². The van der Waals surface area contributed by atoms with Crippen LogP contribution in [0.1, 0.15) is 34.0 Å². The van der Waals surface area contributed by atoms with Crippen LogP contribution in [0.2, 0.25) is 5.02 Å². The van der Waals surface area contributed by atoms with Crippen molar-refractivity contribution in [2.24, 2.45) is 0 Å². The summed E-state index contributed by atoms with van der Waals surface area (Å²) in [4.78, 5) is 5.64. The Kier molecular flexibility index (Phi) is 4.48. The van der Waals surface area contributed by atoms with E-state index in [1.165, 1.54) is 16.0 Å². The molecule has 1 aliphatic rings. The number of aryl methyl sites for hydroxylation is 1. The van der Waals surface area contributed by atoms with Crippen molar-refractivity contribution in [3.8, 4) is 5.75 Å². The highest BCUT2D eigenvalue weighted by Crippen LogP contribution is 2.36. The Morgan fingerprint density at radius 3 is 3.05 bits per heavy atom. The van der Waals surface area contributed by atoms with E-state index in [9.17, 15) is 0 Å². The normalized spacial score (nSPS) is 14.8. The maximum atomic E-state index is 6.25. The molecule has 112 valence electrons. The first kappa shape index (κ1) is 14.8. The molecule has 0 bridgehead atoms. The molecule has 0 fully saturated rings. The molecule has 21 heavy (non-hydrogen) atoms. The summed E-state index contributed by atoms with van der Waals surface area (Å²) in [5.74, 6) is 1.03. The van der Waals surface area contributed by atoms with Gasteiger partial charge < -0.3 is 10.1 Å². The molecule has 0 saturated heterocycles. The number of ether oxygens (including phenoxy) is 1. The Morgan fingerprint density at radius 1 is 1.48 bits per heavy atom. The lowest BCUT2D eigenvalue weighted by atomic mass is 10.0. The molecule has 1 aromatic carbocycles. The Hall–Kier alpha value is -1.10. The maximum absolute atomic E-state index is 6.25. The van der Waals surface area contributed by atoms with Gasteiger partial charge in [0.2, 0.25) is 0 Å². The zero-order valence-corrected chi connectivity index (χ0v) is 13.9. The van der Waals surface area contributed by atoms with Gasteiger partial charge in [-0.2, -0.15) is 0 Å². The number of nitrogens with one attached hydrogen (secondary N) is 1. The molecule has 0 radical (unpaired) electrons. The number of hydrogen-bond donors (Lipinski definition) is 1. The van der Waals surface area contributed by atoms with E-state index in [1.807, 2.05) is 25.3 Å². The van der Waals surface area contributed by atoms with Crippen LogP contribution >= 0.6 is 22.9 Å². The average molecular weight is 323 g/mol. The van der Waals surface area contributed by atoms with Gasteiger partial charge in [-0.3, -0.25) is 0 Å². The molecule has 3 nitrogen and oxygen atoms in total. The van der Waals surface area contributed by atoms with E-state index in [0.29, 0.717) is 0 Å². The van der Waals surface area contributed by atoms with Gasteiger partial charge in [-0.05, 0) is 43.1 Å². The van der Waals surface area contributed by atoms with E-state index >= 15 is 0 Å². The number of halogens is 1. The van der Waals surface area contributed by atoms with E-state index in [1.54, 1.807) is 11.3 Å². The fourth-order valence-electron chi connectivity index (χ4n) is 2.78. The number of fused-ring (bicyclic) bond motifs is 1. The number of benzene rings is 1. The predicted octanol–water partition coefficient (Wildman–Crippen LogP) is 3.93. The van der Waals surface area contributed by atoms with Gasteiger partial charge in [0.1, 0.15) is 5.75 Å². The lowest BCUT2D eigenvalue weighted by Gasteiger charge is -2.18. The third kappa shape index (κ3) is 3.23. The molecular formula is C16H19ClN2OS. The maximum Gasteiger partial charge on any atom is 0.125 e. The van der Waals surface area contributed by atoms with E-state index < -0.39 is 0 Å². The van der Waals surface area contributed by atoms with Crippen molar-refractivity contribution in [1.82, 2.24) is 10.3 Å². The molecule has 2 heterocycles. The number of likely N-dealkylation sites (N-methyl/N-ethyl adjacent to an activating group) is 1. The van der Waals surface area contributed by atoms with Crippen LogP contribution in [0.4, 0.5) is 0 Å². The van der Waals surface area contributed by atoms with Crippen LogP contribution in [0.3, 0.4) is 0 Å². The molecule has 5 heteroatoms. The Labute approximate surface area is 134 Å². The van der Waals surface area contributed by atoms with Gasteiger partial charge in [0.15, 0.2) is 0 Å². The minimum Gasteiger partial charge on any atom is -0.493 e. The van der Waals surface area contributed by atoms with E-state index in [2.05, 4.69) is 17.2 Å². The van der Waals surface area contributed by atoms with Crippen molar-refractivity contribution < 1.29 is 4.74 Å². The summed E-state index contributed by atoms with van der Waals surface area (Å²) in [6.07, 6.45) is 3.80. The molecule has 0 saturated carbocycles. The smallest absolute Gasteiger partial charge is 0.125 e. The fraction of sp³-hybridized carbons (Fsp3) is 0.438. The number of thiazole rings is 1. The molecule has 2 aromatic rings. The van der Waals surface area contributed by atoms with Gasteiger partial charge in [-0.1, -0.05) is 18.5 Å².